The van der Waals surface area contributed by atoms with Crippen molar-refractivity contribution >= 4 is 10.0 Å². The van der Waals surface area contributed by atoms with Gasteiger partial charge in [0.2, 0.25) is 10.0 Å². The summed E-state index contributed by atoms with van der Waals surface area (Å²) in [5.74, 6) is -0.945. The van der Waals surface area contributed by atoms with E-state index in [1.54, 1.807) is 12.1 Å². The van der Waals surface area contributed by atoms with E-state index in [2.05, 4.69) is 0 Å². The Hall–Kier alpha value is -1.79. The van der Waals surface area contributed by atoms with Gasteiger partial charge >= 0.3 is 0 Å². The number of rotatable bonds is 3. The van der Waals surface area contributed by atoms with Crippen molar-refractivity contribution in [1.29, 1.82) is 0 Å². The van der Waals surface area contributed by atoms with Gasteiger partial charge in [-0.05, 0) is 48.7 Å². The molecule has 0 radical (unpaired) electrons. The highest BCUT2D eigenvalue weighted by atomic mass is 32.2. The largest absolute Gasteiger partial charge is 0.243 e. The van der Waals surface area contributed by atoms with Crippen LogP contribution in [0.15, 0.2) is 53.4 Å². The predicted molar refractivity (Wildman–Crippen MR) is 78.7 cm³/mol. The van der Waals surface area contributed by atoms with Crippen molar-refractivity contribution in [2.24, 2.45) is 0 Å². The number of hydrogen-bond donors (Lipinski definition) is 0. The fourth-order valence-corrected chi connectivity index (χ4v) is 4.52. The molecule has 1 fully saturated rings. The first kappa shape index (κ1) is 15.1. The van der Waals surface area contributed by atoms with Gasteiger partial charge < -0.3 is 0 Å². The standard InChI is InChI=1S/C16H15F2NO2S/c17-13-8-6-12(7-9-13)16-5-2-10-19(16)22(20,21)15-4-1-3-14(18)11-15/h1,3-4,6-9,11,16H,2,5,10H2. The monoisotopic (exact) mass is 323 g/mol. The second-order valence-corrected chi connectivity index (χ2v) is 7.17. The lowest BCUT2D eigenvalue weighted by Gasteiger charge is -2.24. The maximum atomic E-state index is 13.3. The molecule has 2 aromatic rings. The highest BCUT2D eigenvalue weighted by Crippen LogP contribution is 2.36. The van der Waals surface area contributed by atoms with Gasteiger partial charge in [0.15, 0.2) is 0 Å². The lowest BCUT2D eigenvalue weighted by atomic mass is 10.1. The number of hydrogen-bond acceptors (Lipinski definition) is 2. The molecule has 0 aliphatic carbocycles. The van der Waals surface area contributed by atoms with Gasteiger partial charge in [0.05, 0.1) is 10.9 Å². The van der Waals surface area contributed by atoms with E-state index < -0.39 is 15.8 Å². The summed E-state index contributed by atoms with van der Waals surface area (Å²) in [7, 11) is -3.77. The molecule has 0 amide bonds. The van der Waals surface area contributed by atoms with Crippen molar-refractivity contribution < 1.29 is 17.2 Å². The Bertz CT molecular complexity index is 775. The van der Waals surface area contributed by atoms with Crippen LogP contribution in [0.4, 0.5) is 8.78 Å². The van der Waals surface area contributed by atoms with Crippen molar-refractivity contribution in [3.05, 3.63) is 65.7 Å². The minimum atomic E-state index is -3.77. The van der Waals surface area contributed by atoms with Gasteiger partial charge in [0.1, 0.15) is 11.6 Å². The van der Waals surface area contributed by atoms with Gasteiger partial charge in [-0.3, -0.25) is 0 Å². The molecule has 116 valence electrons. The maximum Gasteiger partial charge on any atom is 0.243 e. The van der Waals surface area contributed by atoms with Gasteiger partial charge in [0.25, 0.3) is 0 Å². The molecule has 6 heteroatoms. The highest BCUT2D eigenvalue weighted by molar-refractivity contribution is 7.89. The van der Waals surface area contributed by atoms with Crippen LogP contribution >= 0.6 is 0 Å². The third-order valence-corrected chi connectivity index (χ3v) is 5.77. The quantitative estimate of drug-likeness (QED) is 0.867. The molecule has 2 aromatic carbocycles. The van der Waals surface area contributed by atoms with E-state index in [1.807, 2.05) is 0 Å². The molecular weight excluding hydrogens is 308 g/mol. The molecular formula is C16H15F2NO2S. The third kappa shape index (κ3) is 2.76. The number of sulfonamides is 1. The molecule has 1 aliphatic heterocycles. The van der Waals surface area contributed by atoms with Crippen LogP contribution in [0.25, 0.3) is 0 Å². The second-order valence-electron chi connectivity index (χ2n) is 5.28. The Balaban J connectivity index is 1.97. The van der Waals surface area contributed by atoms with Crippen molar-refractivity contribution in [2.75, 3.05) is 6.54 Å². The Morgan fingerprint density at radius 3 is 2.41 bits per heavy atom. The second kappa shape index (κ2) is 5.78. The molecule has 1 unspecified atom stereocenters. The summed E-state index contributed by atoms with van der Waals surface area (Å²) in [6.07, 6.45) is 1.39. The molecule has 1 heterocycles. The topological polar surface area (TPSA) is 37.4 Å². The molecule has 3 rings (SSSR count). The SMILES string of the molecule is O=S(=O)(c1cccc(F)c1)N1CCCC1c1ccc(F)cc1. The first-order valence-electron chi connectivity index (χ1n) is 7.01. The molecule has 0 N–H and O–H groups in total. The van der Waals surface area contributed by atoms with Gasteiger partial charge in [-0.15, -0.1) is 0 Å². The van der Waals surface area contributed by atoms with Gasteiger partial charge in [-0.25, -0.2) is 17.2 Å². The number of benzene rings is 2. The van der Waals surface area contributed by atoms with Crippen LogP contribution in [0, 0.1) is 11.6 Å². The normalized spacial score (nSPS) is 19.5. The van der Waals surface area contributed by atoms with Crippen molar-refractivity contribution in [1.82, 2.24) is 4.31 Å². The fraction of sp³-hybridized carbons (Fsp3) is 0.250. The molecule has 1 atom stereocenters. The summed E-state index contributed by atoms with van der Waals surface area (Å²) in [5, 5.41) is 0. The van der Waals surface area contributed by atoms with E-state index in [1.165, 1.54) is 34.6 Å². The van der Waals surface area contributed by atoms with Crippen LogP contribution in [-0.2, 0) is 10.0 Å². The predicted octanol–water partition coefficient (Wildman–Crippen LogP) is 3.49. The van der Waals surface area contributed by atoms with Crippen LogP contribution in [-0.4, -0.2) is 19.3 Å². The summed E-state index contributed by atoms with van der Waals surface area (Å²) in [5.41, 5.74) is 0.749. The summed E-state index contributed by atoms with van der Waals surface area (Å²) < 4.78 is 53.2. The average molecular weight is 323 g/mol. The van der Waals surface area contributed by atoms with Crippen molar-refractivity contribution in [3.63, 3.8) is 0 Å². The summed E-state index contributed by atoms with van der Waals surface area (Å²) in [6, 6.07) is 10.5. The van der Waals surface area contributed by atoms with Gasteiger partial charge in [-0.2, -0.15) is 4.31 Å². The zero-order valence-corrected chi connectivity index (χ0v) is 12.6. The summed E-state index contributed by atoms with van der Waals surface area (Å²) >= 11 is 0. The first-order chi connectivity index (χ1) is 10.5. The molecule has 3 nitrogen and oxygen atoms in total. The molecule has 22 heavy (non-hydrogen) atoms. The molecule has 1 aliphatic rings. The minimum absolute atomic E-state index is 0.0542. The van der Waals surface area contributed by atoms with E-state index in [9.17, 15) is 17.2 Å². The maximum absolute atomic E-state index is 13.3. The number of nitrogens with zero attached hydrogens (tertiary/aromatic N) is 1. The lowest BCUT2D eigenvalue weighted by molar-refractivity contribution is 0.396. The molecule has 0 spiro atoms. The van der Waals surface area contributed by atoms with Crippen LogP contribution in [0.5, 0.6) is 0 Å². The van der Waals surface area contributed by atoms with E-state index in [4.69, 9.17) is 0 Å². The third-order valence-electron chi connectivity index (χ3n) is 3.86. The van der Waals surface area contributed by atoms with E-state index in [-0.39, 0.29) is 16.8 Å². The van der Waals surface area contributed by atoms with E-state index >= 15 is 0 Å². The Labute approximate surface area is 128 Å². The Kier molecular flexibility index (Phi) is 3.97. The van der Waals surface area contributed by atoms with Crippen molar-refractivity contribution in [3.8, 4) is 0 Å². The summed E-state index contributed by atoms with van der Waals surface area (Å²) in [6.45, 7) is 0.376. The zero-order chi connectivity index (χ0) is 15.7. The lowest BCUT2D eigenvalue weighted by Crippen LogP contribution is -2.30. The average Bonchev–Trinajstić information content (AvgIpc) is 2.98. The molecule has 1 saturated heterocycles. The highest BCUT2D eigenvalue weighted by Gasteiger charge is 2.36. The molecule has 0 aromatic heterocycles. The van der Waals surface area contributed by atoms with Crippen LogP contribution in [0.3, 0.4) is 0 Å². The first-order valence-corrected chi connectivity index (χ1v) is 8.45. The minimum Gasteiger partial charge on any atom is -0.207 e. The summed E-state index contributed by atoms with van der Waals surface area (Å²) in [4.78, 5) is -0.0542. The van der Waals surface area contributed by atoms with Crippen LogP contribution in [0.2, 0.25) is 0 Å². The molecule has 0 bridgehead atoms. The smallest absolute Gasteiger partial charge is 0.207 e. The fourth-order valence-electron chi connectivity index (χ4n) is 2.81. The zero-order valence-electron chi connectivity index (χ0n) is 11.7. The Morgan fingerprint density at radius 1 is 1.00 bits per heavy atom. The van der Waals surface area contributed by atoms with Gasteiger partial charge in [-0.1, -0.05) is 18.2 Å². The molecule has 0 saturated carbocycles. The van der Waals surface area contributed by atoms with Gasteiger partial charge in [0, 0.05) is 6.54 Å². The van der Waals surface area contributed by atoms with E-state index in [0.717, 1.165) is 18.1 Å². The van der Waals surface area contributed by atoms with E-state index in [0.29, 0.717) is 13.0 Å². The van der Waals surface area contributed by atoms with Crippen LogP contribution < -0.4 is 0 Å². The van der Waals surface area contributed by atoms with Crippen LogP contribution in [0.1, 0.15) is 24.4 Å². The number of halogens is 2. The van der Waals surface area contributed by atoms with Crippen molar-refractivity contribution in [2.45, 2.75) is 23.8 Å². The Morgan fingerprint density at radius 2 is 1.73 bits per heavy atom.